The number of hydrazone groups is 1. The van der Waals surface area contributed by atoms with Gasteiger partial charge in [-0.05, 0) is 24.1 Å². The van der Waals surface area contributed by atoms with E-state index in [2.05, 4.69) is 10.5 Å². The second-order valence-electron chi connectivity index (χ2n) is 3.91. The smallest absolute Gasteiger partial charge is 0.240 e. The monoisotopic (exact) mass is 302 g/mol. The highest BCUT2D eigenvalue weighted by atomic mass is 35.5. The molecule has 0 aliphatic heterocycles. The first kappa shape index (κ1) is 15.8. The van der Waals surface area contributed by atoms with Gasteiger partial charge in [-0.2, -0.15) is 5.10 Å². The molecule has 0 radical (unpaired) electrons. The Morgan fingerprint density at radius 2 is 2.05 bits per heavy atom. The van der Waals surface area contributed by atoms with Gasteiger partial charge in [0.25, 0.3) is 0 Å². The number of carbonyl (C=O) groups excluding carboxylic acids is 1. The lowest BCUT2D eigenvalue weighted by Gasteiger charge is -2.06. The number of carbonyl (C=O) groups is 1. The van der Waals surface area contributed by atoms with Crippen molar-refractivity contribution in [1.82, 2.24) is 5.43 Å². The lowest BCUT2D eigenvalue weighted by molar-refractivity contribution is -0.121. The van der Waals surface area contributed by atoms with Crippen molar-refractivity contribution >= 4 is 35.3 Å². The molecule has 0 fully saturated rings. The van der Waals surface area contributed by atoms with E-state index in [1.807, 2.05) is 6.92 Å². The van der Waals surface area contributed by atoms with Crippen LogP contribution in [0.3, 0.4) is 0 Å². The van der Waals surface area contributed by atoms with E-state index < -0.39 is 0 Å². The number of nitrogens with one attached hydrogen (secondary N) is 1. The first-order chi connectivity index (χ1) is 9.08. The molecule has 1 rings (SSSR count). The standard InChI is InChI=1S/C13H16Cl2N2O2/c1-3-4-5-12(18)17-16-8-9-6-10(14)13(19-2)11(15)7-9/h6-8H,3-5H2,1-2H3,(H,17,18)/b16-8+. The number of methoxy groups -OCH3 is 1. The minimum Gasteiger partial charge on any atom is -0.494 e. The van der Waals surface area contributed by atoms with Crippen LogP contribution in [-0.4, -0.2) is 19.2 Å². The van der Waals surface area contributed by atoms with Crippen molar-refractivity contribution in [2.24, 2.45) is 5.10 Å². The second-order valence-corrected chi connectivity index (χ2v) is 4.73. The molecule has 1 aromatic carbocycles. The number of ether oxygens (including phenoxy) is 1. The van der Waals surface area contributed by atoms with Gasteiger partial charge in [0.1, 0.15) is 0 Å². The maximum Gasteiger partial charge on any atom is 0.240 e. The predicted octanol–water partition coefficient (Wildman–Crippen LogP) is 3.64. The molecule has 0 saturated heterocycles. The van der Waals surface area contributed by atoms with Crippen LogP contribution >= 0.6 is 23.2 Å². The van der Waals surface area contributed by atoms with Crippen molar-refractivity contribution < 1.29 is 9.53 Å². The second kappa shape index (κ2) is 8.02. The van der Waals surface area contributed by atoms with Gasteiger partial charge < -0.3 is 4.74 Å². The van der Waals surface area contributed by atoms with Gasteiger partial charge in [0.15, 0.2) is 5.75 Å². The van der Waals surface area contributed by atoms with Gasteiger partial charge >= 0.3 is 0 Å². The molecule has 0 unspecified atom stereocenters. The quantitative estimate of drug-likeness (QED) is 0.644. The molecule has 0 aliphatic carbocycles. The Hall–Kier alpha value is -1.26. The van der Waals surface area contributed by atoms with Crippen molar-refractivity contribution in [2.45, 2.75) is 26.2 Å². The SMILES string of the molecule is CCCCC(=O)N/N=C/c1cc(Cl)c(OC)c(Cl)c1. The van der Waals surface area contributed by atoms with Crippen molar-refractivity contribution in [3.8, 4) is 5.75 Å². The summed E-state index contributed by atoms with van der Waals surface area (Å²) >= 11 is 12.0. The normalized spacial score (nSPS) is 10.7. The van der Waals surface area contributed by atoms with Crippen molar-refractivity contribution in [3.63, 3.8) is 0 Å². The summed E-state index contributed by atoms with van der Waals surface area (Å²) in [5, 5.41) is 4.64. The third-order valence-corrected chi connectivity index (χ3v) is 2.95. The topological polar surface area (TPSA) is 50.7 Å². The highest BCUT2D eigenvalue weighted by molar-refractivity contribution is 6.37. The molecule has 6 heteroatoms. The maximum atomic E-state index is 11.3. The van der Waals surface area contributed by atoms with Gasteiger partial charge in [-0.1, -0.05) is 36.5 Å². The highest BCUT2D eigenvalue weighted by Gasteiger charge is 2.07. The minimum absolute atomic E-state index is 0.108. The minimum atomic E-state index is -0.108. The fourth-order valence-corrected chi connectivity index (χ4v) is 2.08. The summed E-state index contributed by atoms with van der Waals surface area (Å²) in [5.41, 5.74) is 3.13. The number of rotatable bonds is 6. The van der Waals surface area contributed by atoms with E-state index >= 15 is 0 Å². The van der Waals surface area contributed by atoms with Crippen LogP contribution in [0.5, 0.6) is 5.75 Å². The zero-order chi connectivity index (χ0) is 14.3. The predicted molar refractivity (Wildman–Crippen MR) is 78.3 cm³/mol. The van der Waals surface area contributed by atoms with Crippen molar-refractivity contribution in [2.75, 3.05) is 7.11 Å². The Morgan fingerprint density at radius 3 is 2.58 bits per heavy atom. The molecule has 19 heavy (non-hydrogen) atoms. The number of unbranched alkanes of at least 4 members (excludes halogenated alkanes) is 1. The maximum absolute atomic E-state index is 11.3. The van der Waals surface area contributed by atoms with E-state index in [4.69, 9.17) is 27.9 Å². The third kappa shape index (κ3) is 5.09. The Labute approximate surface area is 122 Å². The van der Waals surface area contributed by atoms with Crippen LogP contribution in [0.2, 0.25) is 10.0 Å². The molecule has 0 aromatic heterocycles. The van der Waals surface area contributed by atoms with E-state index in [1.165, 1.54) is 13.3 Å². The molecule has 1 aromatic rings. The van der Waals surface area contributed by atoms with Gasteiger partial charge in [-0.3, -0.25) is 4.79 Å². The van der Waals surface area contributed by atoms with Gasteiger partial charge in [0, 0.05) is 6.42 Å². The lowest BCUT2D eigenvalue weighted by atomic mass is 10.2. The summed E-state index contributed by atoms with van der Waals surface area (Å²) in [6, 6.07) is 3.32. The van der Waals surface area contributed by atoms with Crippen LogP contribution in [0, 0.1) is 0 Å². The summed E-state index contributed by atoms with van der Waals surface area (Å²) in [6.07, 6.45) is 3.78. The van der Waals surface area contributed by atoms with Crippen molar-refractivity contribution in [3.05, 3.63) is 27.7 Å². The molecule has 104 valence electrons. The molecule has 0 saturated carbocycles. The Kier molecular flexibility index (Phi) is 6.67. The third-order valence-electron chi connectivity index (χ3n) is 2.38. The first-order valence-corrected chi connectivity index (χ1v) is 6.69. The molecule has 0 aliphatic rings. The Morgan fingerprint density at radius 1 is 1.42 bits per heavy atom. The number of hydrogen-bond acceptors (Lipinski definition) is 3. The number of amides is 1. The fraction of sp³-hybridized carbons (Fsp3) is 0.385. The largest absolute Gasteiger partial charge is 0.494 e. The molecule has 0 heterocycles. The van der Waals surface area contributed by atoms with E-state index in [1.54, 1.807) is 12.1 Å². The van der Waals surface area contributed by atoms with Crippen LogP contribution in [0.1, 0.15) is 31.7 Å². The van der Waals surface area contributed by atoms with Gasteiger partial charge in [-0.25, -0.2) is 5.43 Å². The molecule has 0 bridgehead atoms. The molecule has 1 N–H and O–H groups in total. The molecule has 0 atom stereocenters. The van der Waals surface area contributed by atoms with Crippen LogP contribution < -0.4 is 10.2 Å². The number of halogens is 2. The van der Waals surface area contributed by atoms with E-state index in [0.717, 1.165) is 12.8 Å². The number of hydrogen-bond donors (Lipinski definition) is 1. The molecule has 1 amide bonds. The Balaban J connectivity index is 2.65. The van der Waals surface area contributed by atoms with Gasteiger partial charge in [0.2, 0.25) is 5.91 Å². The summed E-state index contributed by atoms with van der Waals surface area (Å²) in [4.78, 5) is 11.3. The number of nitrogens with zero attached hydrogens (tertiary/aromatic N) is 1. The van der Waals surface area contributed by atoms with E-state index in [-0.39, 0.29) is 5.91 Å². The van der Waals surface area contributed by atoms with Crippen LogP contribution in [-0.2, 0) is 4.79 Å². The molecule has 4 nitrogen and oxygen atoms in total. The summed E-state index contributed by atoms with van der Waals surface area (Å²) in [7, 11) is 1.49. The van der Waals surface area contributed by atoms with Crippen LogP contribution in [0.4, 0.5) is 0 Å². The van der Waals surface area contributed by atoms with E-state index in [9.17, 15) is 4.79 Å². The highest BCUT2D eigenvalue weighted by Crippen LogP contribution is 2.33. The van der Waals surface area contributed by atoms with Crippen LogP contribution in [0.15, 0.2) is 17.2 Å². The average molecular weight is 303 g/mol. The molecular weight excluding hydrogens is 287 g/mol. The molecular formula is C13H16Cl2N2O2. The average Bonchev–Trinajstić information content (AvgIpc) is 2.36. The number of benzene rings is 1. The first-order valence-electron chi connectivity index (χ1n) is 5.93. The van der Waals surface area contributed by atoms with Gasteiger partial charge in [-0.15, -0.1) is 0 Å². The zero-order valence-electron chi connectivity index (χ0n) is 10.9. The molecule has 0 spiro atoms. The summed E-state index contributed by atoms with van der Waals surface area (Å²) in [5.74, 6) is 0.316. The van der Waals surface area contributed by atoms with Crippen molar-refractivity contribution in [1.29, 1.82) is 0 Å². The van der Waals surface area contributed by atoms with Gasteiger partial charge in [0.05, 0.1) is 23.4 Å². The Bertz CT molecular complexity index is 453. The fourth-order valence-electron chi connectivity index (χ4n) is 1.42. The zero-order valence-corrected chi connectivity index (χ0v) is 12.4. The van der Waals surface area contributed by atoms with Crippen LogP contribution in [0.25, 0.3) is 0 Å². The lowest BCUT2D eigenvalue weighted by Crippen LogP contribution is -2.16. The summed E-state index contributed by atoms with van der Waals surface area (Å²) in [6.45, 7) is 2.03. The van der Waals surface area contributed by atoms with E-state index in [0.29, 0.717) is 27.8 Å². The summed E-state index contributed by atoms with van der Waals surface area (Å²) < 4.78 is 5.04.